The molecule has 0 spiro atoms. The van der Waals surface area contributed by atoms with Crippen LogP contribution in [0.1, 0.15) is 10.4 Å². The van der Waals surface area contributed by atoms with E-state index in [0.717, 1.165) is 18.9 Å². The first kappa shape index (κ1) is 9.02. The maximum Gasteiger partial charge on any atom is 0.248 e. The Hall–Kier alpha value is -1.55. The summed E-state index contributed by atoms with van der Waals surface area (Å²) >= 11 is 0. The van der Waals surface area contributed by atoms with Gasteiger partial charge in [0.1, 0.15) is 0 Å². The first-order valence-corrected chi connectivity index (χ1v) is 4.50. The predicted octanol–water partition coefficient (Wildman–Crippen LogP) is 0.596. The number of carbonyl (C=O) groups excluding carboxylic acids is 1. The summed E-state index contributed by atoms with van der Waals surface area (Å²) in [7, 11) is 0. The fraction of sp³-hybridized carbons (Fsp3) is 0.300. The topological polar surface area (TPSA) is 64.4 Å². The number of primary amides is 1. The highest BCUT2D eigenvalue weighted by Crippen LogP contribution is 2.13. The fourth-order valence-electron chi connectivity index (χ4n) is 1.29. The van der Waals surface area contributed by atoms with E-state index in [0.29, 0.717) is 11.6 Å². The molecule has 0 saturated carbocycles. The van der Waals surface area contributed by atoms with Gasteiger partial charge >= 0.3 is 0 Å². The molecule has 4 heteroatoms. The van der Waals surface area contributed by atoms with Crippen LogP contribution in [0.5, 0.6) is 0 Å². The molecule has 1 amide bonds. The average Bonchev–Trinajstić information content (AvgIpc) is 2.12. The second-order valence-electron chi connectivity index (χ2n) is 3.32. The SMILES string of the molecule is NC(=O)c1ccc(NC2COC2)cc1. The van der Waals surface area contributed by atoms with Crippen LogP contribution in [0.15, 0.2) is 24.3 Å². The molecule has 0 aromatic heterocycles. The Bertz CT molecular complexity index is 330. The van der Waals surface area contributed by atoms with Gasteiger partial charge in [0.05, 0.1) is 19.3 Å². The molecule has 0 unspecified atom stereocenters. The standard InChI is InChI=1S/C10H12N2O2/c11-10(13)7-1-3-8(4-2-7)12-9-5-14-6-9/h1-4,9,12H,5-6H2,(H2,11,13). The molecule has 1 heterocycles. The van der Waals surface area contributed by atoms with E-state index in [1.54, 1.807) is 12.1 Å². The van der Waals surface area contributed by atoms with Gasteiger partial charge in [-0.15, -0.1) is 0 Å². The molecule has 1 aromatic carbocycles. The lowest BCUT2D eigenvalue weighted by Gasteiger charge is -2.27. The van der Waals surface area contributed by atoms with Gasteiger partial charge in [-0.3, -0.25) is 4.79 Å². The first-order chi connectivity index (χ1) is 6.75. The third-order valence-corrected chi connectivity index (χ3v) is 2.18. The van der Waals surface area contributed by atoms with Gasteiger partial charge in [0.25, 0.3) is 0 Å². The van der Waals surface area contributed by atoms with Crippen molar-refractivity contribution < 1.29 is 9.53 Å². The van der Waals surface area contributed by atoms with E-state index in [2.05, 4.69) is 5.32 Å². The van der Waals surface area contributed by atoms with Crippen LogP contribution >= 0.6 is 0 Å². The molecule has 1 aliphatic heterocycles. The number of hydrogen-bond acceptors (Lipinski definition) is 3. The Morgan fingerprint density at radius 1 is 1.36 bits per heavy atom. The number of anilines is 1. The van der Waals surface area contributed by atoms with Crippen molar-refractivity contribution in [1.82, 2.24) is 0 Å². The average molecular weight is 192 g/mol. The molecule has 1 aliphatic rings. The van der Waals surface area contributed by atoms with Gasteiger partial charge in [0.2, 0.25) is 5.91 Å². The lowest BCUT2D eigenvalue weighted by molar-refractivity contribution is 0.0211. The zero-order valence-corrected chi connectivity index (χ0v) is 7.69. The van der Waals surface area contributed by atoms with Crippen molar-refractivity contribution in [2.24, 2.45) is 5.73 Å². The highest BCUT2D eigenvalue weighted by Gasteiger charge is 2.17. The number of hydrogen-bond donors (Lipinski definition) is 2. The minimum absolute atomic E-state index is 0.398. The fourth-order valence-corrected chi connectivity index (χ4v) is 1.29. The minimum atomic E-state index is -0.400. The molecule has 0 bridgehead atoms. The molecule has 3 N–H and O–H groups in total. The molecule has 1 saturated heterocycles. The first-order valence-electron chi connectivity index (χ1n) is 4.50. The monoisotopic (exact) mass is 192 g/mol. The Kier molecular flexibility index (Phi) is 2.37. The number of amides is 1. The molecule has 1 aromatic rings. The van der Waals surface area contributed by atoms with Crippen molar-refractivity contribution in [2.75, 3.05) is 18.5 Å². The molecule has 14 heavy (non-hydrogen) atoms. The van der Waals surface area contributed by atoms with Crippen LogP contribution in [0.25, 0.3) is 0 Å². The maximum atomic E-state index is 10.8. The summed E-state index contributed by atoms with van der Waals surface area (Å²) in [5, 5.41) is 3.27. The number of rotatable bonds is 3. The van der Waals surface area contributed by atoms with Gasteiger partial charge in [-0.2, -0.15) is 0 Å². The lowest BCUT2D eigenvalue weighted by atomic mass is 10.2. The van der Waals surface area contributed by atoms with Crippen LogP contribution in [0.3, 0.4) is 0 Å². The Morgan fingerprint density at radius 2 is 2.00 bits per heavy atom. The van der Waals surface area contributed by atoms with Gasteiger partial charge in [-0.25, -0.2) is 0 Å². The van der Waals surface area contributed by atoms with Crippen molar-refractivity contribution in [2.45, 2.75) is 6.04 Å². The summed E-state index contributed by atoms with van der Waals surface area (Å²) in [6, 6.07) is 7.51. The van der Waals surface area contributed by atoms with Crippen LogP contribution in [-0.4, -0.2) is 25.2 Å². The zero-order valence-electron chi connectivity index (χ0n) is 7.69. The van der Waals surface area contributed by atoms with Crippen molar-refractivity contribution in [3.63, 3.8) is 0 Å². The van der Waals surface area contributed by atoms with E-state index in [-0.39, 0.29) is 0 Å². The highest BCUT2D eigenvalue weighted by atomic mass is 16.5. The molecular weight excluding hydrogens is 180 g/mol. The van der Waals surface area contributed by atoms with Crippen LogP contribution in [0.2, 0.25) is 0 Å². The Labute approximate surface area is 82.1 Å². The summed E-state index contributed by atoms with van der Waals surface area (Å²) < 4.78 is 5.03. The van der Waals surface area contributed by atoms with Crippen molar-refractivity contribution in [1.29, 1.82) is 0 Å². The number of benzene rings is 1. The third kappa shape index (κ3) is 1.85. The quantitative estimate of drug-likeness (QED) is 0.737. The molecule has 0 aliphatic carbocycles. The number of nitrogens with one attached hydrogen (secondary N) is 1. The summed E-state index contributed by atoms with van der Waals surface area (Å²) in [6.07, 6.45) is 0. The van der Waals surface area contributed by atoms with Gasteiger partial charge in [-0.05, 0) is 24.3 Å². The van der Waals surface area contributed by atoms with E-state index in [9.17, 15) is 4.79 Å². The summed E-state index contributed by atoms with van der Waals surface area (Å²) in [5.74, 6) is -0.400. The predicted molar refractivity (Wildman–Crippen MR) is 53.2 cm³/mol. The van der Waals surface area contributed by atoms with Gasteiger partial charge in [0.15, 0.2) is 0 Å². The largest absolute Gasteiger partial charge is 0.378 e. The second kappa shape index (κ2) is 3.67. The summed E-state index contributed by atoms with van der Waals surface area (Å²) in [4.78, 5) is 10.8. The number of ether oxygens (including phenoxy) is 1. The van der Waals surface area contributed by atoms with Crippen LogP contribution in [0, 0.1) is 0 Å². The van der Waals surface area contributed by atoms with Crippen LogP contribution < -0.4 is 11.1 Å². The number of carbonyl (C=O) groups is 1. The van der Waals surface area contributed by atoms with Crippen molar-refractivity contribution >= 4 is 11.6 Å². The number of nitrogens with two attached hydrogens (primary N) is 1. The normalized spacial score (nSPS) is 16.0. The summed E-state index contributed by atoms with van der Waals surface area (Å²) in [6.45, 7) is 1.50. The Morgan fingerprint density at radius 3 is 2.43 bits per heavy atom. The van der Waals surface area contributed by atoms with E-state index >= 15 is 0 Å². The van der Waals surface area contributed by atoms with Gasteiger partial charge in [0, 0.05) is 11.3 Å². The van der Waals surface area contributed by atoms with Crippen molar-refractivity contribution in [3.8, 4) is 0 Å². The molecule has 2 rings (SSSR count). The molecular formula is C10H12N2O2. The van der Waals surface area contributed by atoms with E-state index < -0.39 is 5.91 Å². The molecule has 0 atom stereocenters. The minimum Gasteiger partial charge on any atom is -0.378 e. The summed E-state index contributed by atoms with van der Waals surface area (Å²) in [5.41, 5.74) is 6.64. The maximum absolute atomic E-state index is 10.8. The van der Waals surface area contributed by atoms with E-state index in [1.165, 1.54) is 0 Å². The molecule has 0 radical (unpaired) electrons. The second-order valence-corrected chi connectivity index (χ2v) is 3.32. The molecule has 4 nitrogen and oxygen atoms in total. The van der Waals surface area contributed by atoms with E-state index in [4.69, 9.17) is 10.5 Å². The van der Waals surface area contributed by atoms with Crippen molar-refractivity contribution in [3.05, 3.63) is 29.8 Å². The van der Waals surface area contributed by atoms with Gasteiger partial charge in [-0.1, -0.05) is 0 Å². The Balaban J connectivity index is 2.01. The van der Waals surface area contributed by atoms with Crippen LogP contribution in [-0.2, 0) is 4.74 Å². The van der Waals surface area contributed by atoms with Gasteiger partial charge < -0.3 is 15.8 Å². The highest BCUT2D eigenvalue weighted by molar-refractivity contribution is 5.93. The zero-order chi connectivity index (χ0) is 9.97. The third-order valence-electron chi connectivity index (χ3n) is 2.18. The van der Waals surface area contributed by atoms with Crippen LogP contribution in [0.4, 0.5) is 5.69 Å². The molecule has 74 valence electrons. The molecule has 1 fully saturated rings. The smallest absolute Gasteiger partial charge is 0.248 e. The van der Waals surface area contributed by atoms with E-state index in [1.807, 2.05) is 12.1 Å². The lowest BCUT2D eigenvalue weighted by Crippen LogP contribution is -2.40.